The summed E-state index contributed by atoms with van der Waals surface area (Å²) in [4.78, 5) is 6.81. The highest BCUT2D eigenvalue weighted by Crippen LogP contribution is 2.32. The summed E-state index contributed by atoms with van der Waals surface area (Å²) in [5, 5.41) is 1.01. The molecule has 1 aliphatic heterocycles. The average molecular weight is 295 g/mol. The molecule has 0 spiro atoms. The molecule has 0 atom stereocenters. The van der Waals surface area contributed by atoms with E-state index in [1.807, 2.05) is 24.3 Å². The van der Waals surface area contributed by atoms with Gasteiger partial charge >= 0.3 is 0 Å². The summed E-state index contributed by atoms with van der Waals surface area (Å²) >= 11 is 0. The highest BCUT2D eigenvalue weighted by atomic mass is 19.1. The molecule has 0 saturated carbocycles. The summed E-state index contributed by atoms with van der Waals surface area (Å²) in [5.41, 5.74) is 3.55. The van der Waals surface area contributed by atoms with Gasteiger partial charge in [-0.2, -0.15) is 0 Å². The van der Waals surface area contributed by atoms with Crippen LogP contribution in [0.25, 0.3) is 16.7 Å². The van der Waals surface area contributed by atoms with Crippen LogP contribution in [0.4, 0.5) is 4.39 Å². The lowest BCUT2D eigenvalue weighted by Gasteiger charge is -2.12. The minimum atomic E-state index is -0.180. The summed E-state index contributed by atoms with van der Waals surface area (Å²) in [6, 6.07) is 11.0. The number of aromatic nitrogens is 2. The standard InChI is InChI=1S/C18H18FN3/c1-21-10-4-5-16-15(12-21)14-11-13(19)7-8-17(14)22(16)18-6-2-3-9-20-18/h2-3,6-9,11H,4-5,10,12H2,1H3. The molecule has 0 bridgehead atoms. The Morgan fingerprint density at radius 1 is 1.18 bits per heavy atom. The van der Waals surface area contributed by atoms with Gasteiger partial charge in [0.2, 0.25) is 0 Å². The first-order valence-electron chi connectivity index (χ1n) is 7.66. The smallest absolute Gasteiger partial charge is 0.137 e. The first-order valence-corrected chi connectivity index (χ1v) is 7.66. The topological polar surface area (TPSA) is 21.1 Å². The average Bonchev–Trinajstić information content (AvgIpc) is 2.68. The van der Waals surface area contributed by atoms with Gasteiger partial charge < -0.3 is 4.90 Å². The Balaban J connectivity index is 2.05. The summed E-state index contributed by atoms with van der Waals surface area (Å²) < 4.78 is 16.0. The maximum atomic E-state index is 13.8. The number of fused-ring (bicyclic) bond motifs is 3. The zero-order chi connectivity index (χ0) is 15.1. The van der Waals surface area contributed by atoms with Gasteiger partial charge in [-0.15, -0.1) is 0 Å². The van der Waals surface area contributed by atoms with E-state index < -0.39 is 0 Å². The molecule has 0 fully saturated rings. The minimum Gasteiger partial charge on any atom is -0.302 e. The van der Waals surface area contributed by atoms with Crippen molar-refractivity contribution >= 4 is 10.9 Å². The van der Waals surface area contributed by atoms with Crippen LogP contribution in [0.2, 0.25) is 0 Å². The second-order valence-electron chi connectivity index (χ2n) is 5.95. The zero-order valence-electron chi connectivity index (χ0n) is 12.6. The number of nitrogens with zero attached hydrogens (tertiary/aromatic N) is 3. The van der Waals surface area contributed by atoms with Crippen molar-refractivity contribution in [1.29, 1.82) is 0 Å². The molecule has 112 valence electrons. The second kappa shape index (κ2) is 5.21. The lowest BCUT2D eigenvalue weighted by molar-refractivity contribution is 0.333. The van der Waals surface area contributed by atoms with Crippen molar-refractivity contribution in [3.05, 3.63) is 59.7 Å². The van der Waals surface area contributed by atoms with Crippen LogP contribution in [0.5, 0.6) is 0 Å². The fourth-order valence-corrected chi connectivity index (χ4v) is 3.43. The lowest BCUT2D eigenvalue weighted by Crippen LogP contribution is -2.17. The molecular weight excluding hydrogens is 277 g/mol. The molecule has 4 rings (SSSR count). The van der Waals surface area contributed by atoms with Crippen molar-refractivity contribution < 1.29 is 4.39 Å². The van der Waals surface area contributed by atoms with Crippen LogP contribution < -0.4 is 0 Å². The van der Waals surface area contributed by atoms with Crippen LogP contribution in [0.15, 0.2) is 42.6 Å². The van der Waals surface area contributed by atoms with Gasteiger partial charge in [0.25, 0.3) is 0 Å². The van der Waals surface area contributed by atoms with Gasteiger partial charge in [-0.05, 0) is 62.3 Å². The van der Waals surface area contributed by atoms with Crippen LogP contribution in [0, 0.1) is 5.82 Å². The highest BCUT2D eigenvalue weighted by molar-refractivity contribution is 5.87. The van der Waals surface area contributed by atoms with E-state index in [2.05, 4.69) is 21.5 Å². The third-order valence-corrected chi connectivity index (χ3v) is 4.40. The molecule has 0 saturated heterocycles. The minimum absolute atomic E-state index is 0.180. The van der Waals surface area contributed by atoms with Crippen LogP contribution in [0.1, 0.15) is 17.7 Å². The largest absolute Gasteiger partial charge is 0.302 e. The third kappa shape index (κ3) is 2.11. The molecule has 3 nitrogen and oxygen atoms in total. The maximum absolute atomic E-state index is 13.8. The fraction of sp³-hybridized carbons (Fsp3) is 0.278. The van der Waals surface area contributed by atoms with Crippen molar-refractivity contribution in [2.45, 2.75) is 19.4 Å². The number of benzene rings is 1. The number of hydrogen-bond donors (Lipinski definition) is 0. The Kier molecular flexibility index (Phi) is 3.19. The van der Waals surface area contributed by atoms with Crippen molar-refractivity contribution in [2.75, 3.05) is 13.6 Å². The van der Waals surface area contributed by atoms with Crippen molar-refractivity contribution in [1.82, 2.24) is 14.5 Å². The quantitative estimate of drug-likeness (QED) is 0.684. The van der Waals surface area contributed by atoms with E-state index in [0.29, 0.717) is 0 Å². The molecule has 0 unspecified atom stereocenters. The molecule has 0 N–H and O–H groups in total. The third-order valence-electron chi connectivity index (χ3n) is 4.40. The molecule has 0 amide bonds. The SMILES string of the molecule is CN1CCCc2c(c3cc(F)ccc3n2-c2ccccn2)C1. The highest BCUT2D eigenvalue weighted by Gasteiger charge is 2.22. The number of pyridine rings is 1. The predicted octanol–water partition coefficient (Wildman–Crippen LogP) is 3.54. The van der Waals surface area contributed by atoms with Gasteiger partial charge in [0.1, 0.15) is 11.6 Å². The van der Waals surface area contributed by atoms with Crippen molar-refractivity contribution in [3.8, 4) is 5.82 Å². The van der Waals surface area contributed by atoms with E-state index in [1.165, 1.54) is 17.3 Å². The maximum Gasteiger partial charge on any atom is 0.137 e. The Hall–Kier alpha value is -2.20. The lowest BCUT2D eigenvalue weighted by atomic mass is 10.1. The molecule has 22 heavy (non-hydrogen) atoms. The fourth-order valence-electron chi connectivity index (χ4n) is 3.43. The summed E-state index contributed by atoms with van der Waals surface area (Å²) in [5.74, 6) is 0.727. The molecule has 3 aromatic rings. The summed E-state index contributed by atoms with van der Waals surface area (Å²) in [7, 11) is 2.12. The van der Waals surface area contributed by atoms with E-state index in [4.69, 9.17) is 0 Å². The number of halogens is 1. The normalized spacial score (nSPS) is 15.7. The molecule has 0 radical (unpaired) electrons. The molecule has 1 aromatic carbocycles. The second-order valence-corrected chi connectivity index (χ2v) is 5.95. The summed E-state index contributed by atoms with van der Waals surface area (Å²) in [6.45, 7) is 1.92. The molecule has 2 aromatic heterocycles. The van der Waals surface area contributed by atoms with E-state index in [-0.39, 0.29) is 5.82 Å². The van der Waals surface area contributed by atoms with Gasteiger partial charge in [-0.3, -0.25) is 4.57 Å². The monoisotopic (exact) mass is 295 g/mol. The van der Waals surface area contributed by atoms with E-state index in [1.54, 1.807) is 12.3 Å². The Labute approximate surface area is 129 Å². The Morgan fingerprint density at radius 3 is 2.91 bits per heavy atom. The van der Waals surface area contributed by atoms with Gasteiger partial charge in [0.05, 0.1) is 5.52 Å². The number of rotatable bonds is 1. The molecule has 4 heteroatoms. The van der Waals surface area contributed by atoms with Crippen LogP contribution >= 0.6 is 0 Å². The predicted molar refractivity (Wildman–Crippen MR) is 85.7 cm³/mol. The number of hydrogen-bond acceptors (Lipinski definition) is 2. The van der Waals surface area contributed by atoms with Crippen LogP contribution in [-0.2, 0) is 13.0 Å². The van der Waals surface area contributed by atoms with Crippen LogP contribution in [-0.4, -0.2) is 28.0 Å². The first kappa shape index (κ1) is 13.5. The van der Waals surface area contributed by atoms with E-state index in [9.17, 15) is 4.39 Å². The van der Waals surface area contributed by atoms with Gasteiger partial charge in [-0.1, -0.05) is 6.07 Å². The van der Waals surface area contributed by atoms with Gasteiger partial charge in [0.15, 0.2) is 0 Å². The Morgan fingerprint density at radius 2 is 2.09 bits per heavy atom. The molecule has 3 heterocycles. The van der Waals surface area contributed by atoms with Gasteiger partial charge in [-0.25, -0.2) is 9.37 Å². The molecule has 1 aliphatic rings. The van der Waals surface area contributed by atoms with Gasteiger partial charge in [0, 0.05) is 23.8 Å². The zero-order valence-corrected chi connectivity index (χ0v) is 12.6. The van der Waals surface area contributed by atoms with E-state index in [0.717, 1.165) is 42.7 Å². The summed E-state index contributed by atoms with van der Waals surface area (Å²) in [6.07, 6.45) is 3.90. The molecular formula is C18H18FN3. The Bertz CT molecular complexity index is 823. The van der Waals surface area contributed by atoms with Crippen LogP contribution in [0.3, 0.4) is 0 Å². The van der Waals surface area contributed by atoms with E-state index >= 15 is 0 Å². The van der Waals surface area contributed by atoms with Crippen molar-refractivity contribution in [2.24, 2.45) is 0 Å². The first-order chi connectivity index (χ1) is 10.7. The molecule has 0 aliphatic carbocycles. The van der Waals surface area contributed by atoms with Crippen molar-refractivity contribution in [3.63, 3.8) is 0 Å².